The van der Waals surface area contributed by atoms with Crippen LogP contribution in [0.5, 0.6) is 0 Å². The van der Waals surface area contributed by atoms with Gasteiger partial charge in [-0.3, -0.25) is 0 Å². The molecule has 1 aliphatic rings. The number of aromatic nitrogens is 2. The molecule has 0 spiro atoms. The van der Waals surface area contributed by atoms with Crippen molar-refractivity contribution in [3.05, 3.63) is 12.5 Å². The number of rotatable bonds is 2. The second-order valence-electron chi connectivity index (χ2n) is 3.92. The molecule has 1 fully saturated rings. The van der Waals surface area contributed by atoms with Crippen molar-refractivity contribution in [3.63, 3.8) is 0 Å². The lowest BCUT2D eigenvalue weighted by atomic mass is 9.93. The van der Waals surface area contributed by atoms with Crippen LogP contribution >= 0.6 is 0 Å². The average Bonchev–Trinajstić information content (AvgIpc) is 2.65. The van der Waals surface area contributed by atoms with Gasteiger partial charge in [0.15, 0.2) is 0 Å². The van der Waals surface area contributed by atoms with Crippen LogP contribution in [-0.2, 0) is 4.74 Å². The van der Waals surface area contributed by atoms with Gasteiger partial charge in [0.1, 0.15) is 5.82 Å². The minimum Gasteiger partial charge on any atom is -0.382 e. The number of hydrogen-bond donors (Lipinski definition) is 1. The number of nitrogen functional groups attached to an aromatic ring is 1. The Labute approximate surface area is 84.1 Å². The van der Waals surface area contributed by atoms with Crippen molar-refractivity contribution < 1.29 is 4.74 Å². The van der Waals surface area contributed by atoms with Crippen LogP contribution in [-0.4, -0.2) is 22.8 Å². The predicted octanol–water partition coefficient (Wildman–Crippen LogP) is 1.60. The number of imidazole rings is 1. The van der Waals surface area contributed by atoms with Crippen LogP contribution in [0.1, 0.15) is 31.7 Å². The van der Waals surface area contributed by atoms with E-state index in [1.54, 1.807) is 7.11 Å². The van der Waals surface area contributed by atoms with E-state index in [-0.39, 0.29) is 0 Å². The molecule has 14 heavy (non-hydrogen) atoms. The average molecular weight is 195 g/mol. The highest BCUT2D eigenvalue weighted by Crippen LogP contribution is 2.29. The Balaban J connectivity index is 2.04. The van der Waals surface area contributed by atoms with Gasteiger partial charge in [0.25, 0.3) is 0 Å². The Morgan fingerprint density at radius 1 is 1.57 bits per heavy atom. The largest absolute Gasteiger partial charge is 0.382 e. The molecule has 0 radical (unpaired) electrons. The third-order valence-corrected chi connectivity index (χ3v) is 2.97. The van der Waals surface area contributed by atoms with Crippen LogP contribution in [0.4, 0.5) is 5.82 Å². The molecule has 0 amide bonds. The summed E-state index contributed by atoms with van der Waals surface area (Å²) in [7, 11) is 1.79. The topological polar surface area (TPSA) is 53.1 Å². The number of methoxy groups -OCH3 is 1. The quantitative estimate of drug-likeness (QED) is 0.779. The van der Waals surface area contributed by atoms with Gasteiger partial charge in [-0.2, -0.15) is 0 Å². The molecule has 4 nitrogen and oxygen atoms in total. The van der Waals surface area contributed by atoms with Crippen molar-refractivity contribution in [1.29, 1.82) is 0 Å². The van der Waals surface area contributed by atoms with Gasteiger partial charge < -0.3 is 15.0 Å². The van der Waals surface area contributed by atoms with E-state index in [1.165, 1.54) is 19.3 Å². The Morgan fingerprint density at radius 2 is 2.43 bits per heavy atom. The van der Waals surface area contributed by atoms with Crippen molar-refractivity contribution in [2.75, 3.05) is 12.8 Å². The van der Waals surface area contributed by atoms with E-state index in [0.29, 0.717) is 18.0 Å². The highest BCUT2D eigenvalue weighted by atomic mass is 16.5. The number of hydrogen-bond acceptors (Lipinski definition) is 3. The lowest BCUT2D eigenvalue weighted by Gasteiger charge is -2.28. The van der Waals surface area contributed by atoms with Gasteiger partial charge in [0.2, 0.25) is 0 Å². The predicted molar refractivity (Wildman–Crippen MR) is 54.9 cm³/mol. The highest BCUT2D eigenvalue weighted by molar-refractivity contribution is 5.22. The summed E-state index contributed by atoms with van der Waals surface area (Å²) in [5.41, 5.74) is 5.59. The summed E-state index contributed by atoms with van der Waals surface area (Å²) in [4.78, 5) is 4.04. The van der Waals surface area contributed by atoms with Crippen LogP contribution in [0.25, 0.3) is 0 Å². The standard InChI is InChI=1S/C10H17N3O/c1-14-9-4-2-3-8(5-9)13-6-10(11)12-7-13/h6-9H,2-5,11H2,1H3. The first kappa shape index (κ1) is 9.52. The smallest absolute Gasteiger partial charge is 0.141 e. The first-order valence-electron chi connectivity index (χ1n) is 5.11. The number of nitrogens with two attached hydrogens (primary N) is 1. The van der Waals surface area contributed by atoms with Gasteiger partial charge in [-0.1, -0.05) is 0 Å². The molecule has 2 unspecified atom stereocenters. The Morgan fingerprint density at radius 3 is 3.07 bits per heavy atom. The van der Waals surface area contributed by atoms with Crippen LogP contribution < -0.4 is 5.73 Å². The van der Waals surface area contributed by atoms with E-state index in [0.717, 1.165) is 6.42 Å². The third-order valence-electron chi connectivity index (χ3n) is 2.97. The first-order chi connectivity index (χ1) is 6.79. The van der Waals surface area contributed by atoms with Crippen molar-refractivity contribution in [1.82, 2.24) is 9.55 Å². The number of ether oxygens (including phenoxy) is 1. The summed E-state index contributed by atoms with van der Waals surface area (Å²) in [6, 6.07) is 0.512. The van der Waals surface area contributed by atoms with E-state index in [2.05, 4.69) is 9.55 Å². The molecule has 1 aromatic rings. The summed E-state index contributed by atoms with van der Waals surface area (Å²) in [5.74, 6) is 0.601. The molecule has 2 rings (SSSR count). The molecular formula is C10H17N3O. The SMILES string of the molecule is COC1CCCC(n2cnc(N)c2)C1. The van der Waals surface area contributed by atoms with E-state index < -0.39 is 0 Å². The molecule has 1 aliphatic carbocycles. The fourth-order valence-electron chi connectivity index (χ4n) is 2.16. The van der Waals surface area contributed by atoms with Crippen molar-refractivity contribution >= 4 is 5.82 Å². The fourth-order valence-corrected chi connectivity index (χ4v) is 2.16. The molecule has 1 heterocycles. The van der Waals surface area contributed by atoms with E-state index in [9.17, 15) is 0 Å². The molecule has 2 N–H and O–H groups in total. The van der Waals surface area contributed by atoms with Gasteiger partial charge >= 0.3 is 0 Å². The van der Waals surface area contributed by atoms with Crippen LogP contribution in [0, 0.1) is 0 Å². The second-order valence-corrected chi connectivity index (χ2v) is 3.92. The molecule has 0 saturated heterocycles. The molecule has 0 aromatic carbocycles. The molecular weight excluding hydrogens is 178 g/mol. The molecule has 0 bridgehead atoms. The zero-order valence-electron chi connectivity index (χ0n) is 8.52. The van der Waals surface area contributed by atoms with Gasteiger partial charge in [-0.25, -0.2) is 4.98 Å². The van der Waals surface area contributed by atoms with Gasteiger partial charge in [0, 0.05) is 19.3 Å². The summed E-state index contributed by atoms with van der Waals surface area (Å²) in [5, 5.41) is 0. The van der Waals surface area contributed by atoms with E-state index in [4.69, 9.17) is 10.5 Å². The Kier molecular flexibility index (Phi) is 2.72. The molecule has 4 heteroatoms. The molecule has 1 aromatic heterocycles. The van der Waals surface area contributed by atoms with Crippen molar-refractivity contribution in [2.24, 2.45) is 0 Å². The van der Waals surface area contributed by atoms with Crippen molar-refractivity contribution in [3.8, 4) is 0 Å². The van der Waals surface area contributed by atoms with E-state index >= 15 is 0 Å². The van der Waals surface area contributed by atoms with Gasteiger partial charge in [-0.15, -0.1) is 0 Å². The molecule has 78 valence electrons. The number of nitrogens with zero attached hydrogens (tertiary/aromatic N) is 2. The lowest BCUT2D eigenvalue weighted by molar-refractivity contribution is 0.0530. The first-order valence-corrected chi connectivity index (χ1v) is 5.11. The normalized spacial score (nSPS) is 27.8. The molecule has 2 atom stereocenters. The second kappa shape index (κ2) is 4.00. The maximum Gasteiger partial charge on any atom is 0.141 e. The monoisotopic (exact) mass is 195 g/mol. The van der Waals surface area contributed by atoms with Gasteiger partial charge in [-0.05, 0) is 25.7 Å². The fraction of sp³-hybridized carbons (Fsp3) is 0.700. The zero-order valence-corrected chi connectivity index (χ0v) is 8.52. The van der Waals surface area contributed by atoms with Gasteiger partial charge in [0.05, 0.1) is 12.4 Å². The Bertz CT molecular complexity index is 297. The number of anilines is 1. The molecule has 0 aliphatic heterocycles. The molecule has 1 saturated carbocycles. The minimum absolute atomic E-state index is 0.400. The van der Waals surface area contributed by atoms with Crippen LogP contribution in [0.2, 0.25) is 0 Å². The summed E-state index contributed by atoms with van der Waals surface area (Å²) in [6.45, 7) is 0. The lowest BCUT2D eigenvalue weighted by Crippen LogP contribution is -2.23. The van der Waals surface area contributed by atoms with Crippen LogP contribution in [0.15, 0.2) is 12.5 Å². The third kappa shape index (κ3) is 1.90. The summed E-state index contributed by atoms with van der Waals surface area (Å²) in [6.07, 6.45) is 8.80. The van der Waals surface area contributed by atoms with Crippen LogP contribution in [0.3, 0.4) is 0 Å². The highest BCUT2D eigenvalue weighted by Gasteiger charge is 2.22. The minimum atomic E-state index is 0.400. The maximum absolute atomic E-state index is 5.59. The van der Waals surface area contributed by atoms with E-state index in [1.807, 2.05) is 12.5 Å². The summed E-state index contributed by atoms with van der Waals surface area (Å²) >= 11 is 0. The van der Waals surface area contributed by atoms with Crippen molar-refractivity contribution in [2.45, 2.75) is 37.8 Å². The summed E-state index contributed by atoms with van der Waals surface area (Å²) < 4.78 is 7.50. The Hall–Kier alpha value is -1.03. The maximum atomic E-state index is 5.59. The zero-order chi connectivity index (χ0) is 9.97.